The van der Waals surface area contributed by atoms with E-state index < -0.39 is 0 Å². The molecule has 0 spiro atoms. The predicted octanol–water partition coefficient (Wildman–Crippen LogP) is 2.40. The summed E-state index contributed by atoms with van der Waals surface area (Å²) in [5.74, 6) is 0.129. The van der Waals surface area contributed by atoms with Crippen LogP contribution in [-0.4, -0.2) is 26.2 Å². The molecule has 156 valence electrons. The van der Waals surface area contributed by atoms with Crippen molar-refractivity contribution >= 4 is 5.69 Å². The molecule has 7 heteroatoms. The van der Waals surface area contributed by atoms with Crippen LogP contribution in [0, 0.1) is 11.6 Å². The van der Waals surface area contributed by atoms with Gasteiger partial charge in [-0.1, -0.05) is 12.1 Å². The van der Waals surface area contributed by atoms with Gasteiger partial charge in [-0.3, -0.25) is 4.79 Å². The van der Waals surface area contributed by atoms with Crippen LogP contribution in [0.5, 0.6) is 5.75 Å². The fraction of sp³-hybridized carbons (Fsp3) is 0.261. The van der Waals surface area contributed by atoms with Gasteiger partial charge in [0.05, 0.1) is 26.2 Å². The van der Waals surface area contributed by atoms with E-state index in [4.69, 9.17) is 9.15 Å². The highest BCUT2D eigenvalue weighted by Crippen LogP contribution is 2.15. The molecule has 0 saturated carbocycles. The zero-order valence-electron chi connectivity index (χ0n) is 16.4. The standard InChI is InChI=1S/C23H22F2N2O3/c24-18-4-6-20(7-5-18)27-10-8-26(9-11-27)14-21-13-22(28)23(16-29-21)30-15-17-2-1-3-19(25)12-17/h1-7,12-13,16H,8-11,14-15H2/p+1. The van der Waals surface area contributed by atoms with Crippen LogP contribution in [0.3, 0.4) is 0 Å². The van der Waals surface area contributed by atoms with Crippen LogP contribution >= 0.6 is 0 Å². The molecule has 1 fully saturated rings. The zero-order chi connectivity index (χ0) is 20.9. The summed E-state index contributed by atoms with van der Waals surface area (Å²) in [7, 11) is 0. The lowest BCUT2D eigenvalue weighted by atomic mass is 10.2. The van der Waals surface area contributed by atoms with Gasteiger partial charge in [0, 0.05) is 11.8 Å². The lowest BCUT2D eigenvalue weighted by Crippen LogP contribution is -3.13. The number of anilines is 1. The van der Waals surface area contributed by atoms with Gasteiger partial charge >= 0.3 is 0 Å². The zero-order valence-corrected chi connectivity index (χ0v) is 16.4. The Balaban J connectivity index is 1.30. The van der Waals surface area contributed by atoms with Crippen molar-refractivity contribution in [2.45, 2.75) is 13.2 Å². The molecule has 0 atom stereocenters. The molecule has 1 aliphatic heterocycles. The summed E-state index contributed by atoms with van der Waals surface area (Å²) in [5.41, 5.74) is 1.40. The lowest BCUT2D eigenvalue weighted by Gasteiger charge is -2.33. The number of rotatable bonds is 6. The lowest BCUT2D eigenvalue weighted by molar-refractivity contribution is -0.915. The van der Waals surface area contributed by atoms with Crippen molar-refractivity contribution < 1.29 is 22.8 Å². The number of benzene rings is 2. The first-order valence-corrected chi connectivity index (χ1v) is 9.90. The summed E-state index contributed by atoms with van der Waals surface area (Å²) in [6, 6.07) is 14.0. The Hall–Kier alpha value is -3.19. The molecule has 5 nitrogen and oxygen atoms in total. The van der Waals surface area contributed by atoms with Crippen molar-refractivity contribution in [1.29, 1.82) is 0 Å². The second-order valence-corrected chi connectivity index (χ2v) is 7.38. The van der Waals surface area contributed by atoms with Gasteiger partial charge in [0.2, 0.25) is 11.2 Å². The molecule has 30 heavy (non-hydrogen) atoms. The number of nitrogens with one attached hydrogen (secondary N) is 1. The largest absolute Gasteiger partial charge is 0.482 e. The summed E-state index contributed by atoms with van der Waals surface area (Å²) >= 11 is 0. The Morgan fingerprint density at radius 2 is 1.77 bits per heavy atom. The van der Waals surface area contributed by atoms with Crippen molar-refractivity contribution in [3.05, 3.63) is 94.0 Å². The first-order valence-electron chi connectivity index (χ1n) is 9.90. The van der Waals surface area contributed by atoms with Gasteiger partial charge in [0.1, 0.15) is 31.0 Å². The van der Waals surface area contributed by atoms with Crippen LogP contribution in [-0.2, 0) is 13.2 Å². The maximum atomic E-state index is 13.2. The first kappa shape index (κ1) is 20.1. The molecular weight excluding hydrogens is 390 g/mol. The third-order valence-electron chi connectivity index (χ3n) is 5.22. The van der Waals surface area contributed by atoms with E-state index in [1.54, 1.807) is 24.3 Å². The minimum Gasteiger partial charge on any atom is -0.482 e. The first-order chi connectivity index (χ1) is 14.6. The van der Waals surface area contributed by atoms with E-state index in [9.17, 15) is 13.6 Å². The molecule has 3 aromatic rings. The number of piperazine rings is 1. The minimum absolute atomic E-state index is 0.0957. The van der Waals surface area contributed by atoms with Crippen LogP contribution in [0.2, 0.25) is 0 Å². The van der Waals surface area contributed by atoms with Crippen molar-refractivity contribution in [1.82, 2.24) is 0 Å². The third-order valence-corrected chi connectivity index (χ3v) is 5.22. The highest BCUT2D eigenvalue weighted by molar-refractivity contribution is 5.46. The average Bonchev–Trinajstić information content (AvgIpc) is 2.74. The number of quaternary nitrogens is 1. The van der Waals surface area contributed by atoms with E-state index in [2.05, 4.69) is 4.90 Å². The molecule has 1 aliphatic rings. The normalized spacial score (nSPS) is 14.7. The molecule has 0 radical (unpaired) electrons. The monoisotopic (exact) mass is 413 g/mol. The minimum atomic E-state index is -0.346. The molecule has 1 aromatic heterocycles. The Kier molecular flexibility index (Phi) is 6.09. The SMILES string of the molecule is O=c1cc(C[NH+]2CCN(c3ccc(F)cc3)CC2)occ1OCc1cccc(F)c1. The van der Waals surface area contributed by atoms with Gasteiger partial charge in [-0.2, -0.15) is 0 Å². The molecule has 2 aromatic carbocycles. The quantitative estimate of drug-likeness (QED) is 0.674. The van der Waals surface area contributed by atoms with Crippen molar-refractivity contribution in [2.24, 2.45) is 0 Å². The smallest absolute Gasteiger partial charge is 0.227 e. The van der Waals surface area contributed by atoms with E-state index in [1.165, 1.54) is 41.5 Å². The van der Waals surface area contributed by atoms with Gasteiger partial charge in [-0.25, -0.2) is 8.78 Å². The van der Waals surface area contributed by atoms with Crippen LogP contribution in [0.25, 0.3) is 0 Å². The Labute approximate surface area is 173 Å². The second-order valence-electron chi connectivity index (χ2n) is 7.38. The Morgan fingerprint density at radius 1 is 1.00 bits per heavy atom. The summed E-state index contributed by atoms with van der Waals surface area (Å²) < 4.78 is 37.4. The van der Waals surface area contributed by atoms with Gasteiger partial charge in [0.15, 0.2) is 5.76 Å². The highest BCUT2D eigenvalue weighted by atomic mass is 19.1. The van der Waals surface area contributed by atoms with Crippen LogP contribution in [0.4, 0.5) is 14.5 Å². The average molecular weight is 413 g/mol. The Bertz CT molecular complexity index is 1040. The summed E-state index contributed by atoms with van der Waals surface area (Å²) in [4.78, 5) is 15.9. The molecular formula is C23H23F2N2O3+. The molecule has 1 N–H and O–H groups in total. The van der Waals surface area contributed by atoms with Crippen molar-refractivity contribution in [2.75, 3.05) is 31.1 Å². The van der Waals surface area contributed by atoms with Gasteiger partial charge in [0.25, 0.3) is 0 Å². The maximum Gasteiger partial charge on any atom is 0.227 e. The number of ether oxygens (including phenoxy) is 1. The molecule has 4 rings (SSSR count). The van der Waals surface area contributed by atoms with E-state index >= 15 is 0 Å². The number of halogens is 2. The second kappa shape index (κ2) is 9.09. The topological polar surface area (TPSA) is 47.1 Å². The molecule has 0 aliphatic carbocycles. The molecule has 2 heterocycles. The fourth-order valence-corrected chi connectivity index (χ4v) is 3.58. The highest BCUT2D eigenvalue weighted by Gasteiger charge is 2.21. The number of hydrogen-bond acceptors (Lipinski definition) is 4. The number of hydrogen-bond donors (Lipinski definition) is 1. The summed E-state index contributed by atoms with van der Waals surface area (Å²) in [6.07, 6.45) is 1.32. The fourth-order valence-electron chi connectivity index (χ4n) is 3.58. The molecule has 0 unspecified atom stereocenters. The van der Waals surface area contributed by atoms with Gasteiger partial charge < -0.3 is 19.0 Å². The van der Waals surface area contributed by atoms with Crippen molar-refractivity contribution in [3.8, 4) is 5.75 Å². The van der Waals surface area contributed by atoms with Crippen LogP contribution in [0.1, 0.15) is 11.3 Å². The third kappa shape index (κ3) is 5.04. The van der Waals surface area contributed by atoms with Crippen LogP contribution in [0.15, 0.2) is 70.1 Å². The van der Waals surface area contributed by atoms with Gasteiger partial charge in [-0.05, 0) is 42.0 Å². The van der Waals surface area contributed by atoms with Crippen molar-refractivity contribution in [3.63, 3.8) is 0 Å². The molecule has 0 amide bonds. The van der Waals surface area contributed by atoms with Gasteiger partial charge in [-0.15, -0.1) is 0 Å². The maximum absolute atomic E-state index is 13.2. The Morgan fingerprint density at radius 3 is 2.47 bits per heavy atom. The number of nitrogens with zero attached hydrogens (tertiary/aromatic N) is 1. The molecule has 0 bridgehead atoms. The summed E-state index contributed by atoms with van der Waals surface area (Å²) in [6.45, 7) is 4.17. The van der Waals surface area contributed by atoms with Crippen LogP contribution < -0.4 is 20.0 Å². The molecule has 1 saturated heterocycles. The van der Waals surface area contributed by atoms with E-state index in [-0.39, 0.29) is 29.4 Å². The van der Waals surface area contributed by atoms with E-state index in [1.807, 2.05) is 0 Å². The van der Waals surface area contributed by atoms with E-state index in [0.29, 0.717) is 17.9 Å². The summed E-state index contributed by atoms with van der Waals surface area (Å²) in [5, 5.41) is 0. The van der Waals surface area contributed by atoms with E-state index in [0.717, 1.165) is 31.9 Å². The predicted molar refractivity (Wildman–Crippen MR) is 109 cm³/mol.